The number of hydrogen-bond acceptors (Lipinski definition) is 5. The summed E-state index contributed by atoms with van der Waals surface area (Å²) >= 11 is 1.63. The normalized spacial score (nSPS) is 14.5. The lowest BCUT2D eigenvalue weighted by atomic mass is 10.1. The van der Waals surface area contributed by atoms with Gasteiger partial charge in [-0.05, 0) is 26.3 Å². The van der Waals surface area contributed by atoms with E-state index < -0.39 is 0 Å². The van der Waals surface area contributed by atoms with Gasteiger partial charge in [0.15, 0.2) is 0 Å². The molecule has 2 heterocycles. The van der Waals surface area contributed by atoms with Crippen LogP contribution in [-0.4, -0.2) is 14.8 Å². The van der Waals surface area contributed by atoms with Gasteiger partial charge in [-0.1, -0.05) is 6.92 Å². The Morgan fingerprint density at radius 1 is 1.53 bits per heavy atom. The van der Waals surface area contributed by atoms with Gasteiger partial charge < -0.3 is 0 Å². The molecule has 0 amide bonds. The molecule has 2 aromatic heterocycles. The molecule has 0 aliphatic carbocycles. The number of thiazole rings is 1. The molecular formula is C13H21N5S. The number of hydrogen-bond donors (Lipinski definition) is 2. The van der Waals surface area contributed by atoms with Crippen molar-refractivity contribution in [2.75, 3.05) is 0 Å². The van der Waals surface area contributed by atoms with E-state index in [1.165, 1.54) is 4.88 Å². The van der Waals surface area contributed by atoms with Gasteiger partial charge in [0.2, 0.25) is 0 Å². The summed E-state index contributed by atoms with van der Waals surface area (Å²) in [7, 11) is 0. The molecule has 2 atom stereocenters. The highest BCUT2D eigenvalue weighted by molar-refractivity contribution is 7.09. The second-order valence-electron chi connectivity index (χ2n) is 4.77. The van der Waals surface area contributed by atoms with E-state index in [0.29, 0.717) is 6.04 Å². The van der Waals surface area contributed by atoms with Crippen molar-refractivity contribution in [3.63, 3.8) is 0 Å². The minimum absolute atomic E-state index is 0.0767. The third kappa shape index (κ3) is 3.20. The Labute approximate surface area is 117 Å². The molecule has 0 radical (unpaired) electrons. The van der Waals surface area contributed by atoms with Gasteiger partial charge in [0.05, 0.1) is 22.9 Å². The lowest BCUT2D eigenvalue weighted by molar-refractivity contribution is 0.467. The average molecular weight is 279 g/mol. The zero-order valence-corrected chi connectivity index (χ0v) is 12.4. The highest BCUT2D eigenvalue weighted by Crippen LogP contribution is 2.24. The van der Waals surface area contributed by atoms with E-state index in [1.54, 1.807) is 11.3 Å². The molecule has 104 valence electrons. The van der Waals surface area contributed by atoms with Crippen LogP contribution in [-0.2, 0) is 6.42 Å². The van der Waals surface area contributed by atoms with Gasteiger partial charge in [0.1, 0.15) is 0 Å². The van der Waals surface area contributed by atoms with Crippen LogP contribution >= 0.6 is 11.3 Å². The predicted molar refractivity (Wildman–Crippen MR) is 77.8 cm³/mol. The molecule has 2 rings (SSSR count). The summed E-state index contributed by atoms with van der Waals surface area (Å²) in [6, 6.07) is 2.57. The molecule has 5 nitrogen and oxygen atoms in total. The topological polar surface area (TPSA) is 68.8 Å². The number of aryl methyl sites for hydroxylation is 1. The number of aromatic nitrogens is 3. The third-order valence-corrected chi connectivity index (χ3v) is 4.46. The van der Waals surface area contributed by atoms with Crippen LogP contribution in [0.3, 0.4) is 0 Å². The lowest BCUT2D eigenvalue weighted by Crippen LogP contribution is -2.29. The van der Waals surface area contributed by atoms with E-state index in [9.17, 15) is 0 Å². The monoisotopic (exact) mass is 279 g/mol. The van der Waals surface area contributed by atoms with Crippen molar-refractivity contribution >= 4 is 11.3 Å². The third-order valence-electron chi connectivity index (χ3n) is 3.42. The first-order valence-corrected chi connectivity index (χ1v) is 7.43. The minimum Gasteiger partial charge on any atom is -0.271 e. The summed E-state index contributed by atoms with van der Waals surface area (Å²) < 4.78 is 2.02. The molecule has 0 bridgehead atoms. The van der Waals surface area contributed by atoms with Crippen molar-refractivity contribution in [1.29, 1.82) is 0 Å². The Morgan fingerprint density at radius 2 is 2.32 bits per heavy atom. The van der Waals surface area contributed by atoms with Crippen LogP contribution in [0.4, 0.5) is 0 Å². The lowest BCUT2D eigenvalue weighted by Gasteiger charge is -2.13. The molecule has 0 spiro atoms. The second-order valence-corrected chi connectivity index (χ2v) is 5.66. The fraction of sp³-hybridized carbons (Fsp3) is 0.538. The van der Waals surface area contributed by atoms with Gasteiger partial charge in [-0.15, -0.1) is 11.3 Å². The summed E-state index contributed by atoms with van der Waals surface area (Å²) in [5, 5.41) is 4.61. The van der Waals surface area contributed by atoms with E-state index in [0.717, 1.165) is 24.2 Å². The van der Waals surface area contributed by atoms with Crippen molar-refractivity contribution in [2.45, 2.75) is 45.7 Å². The SMILES string of the molecule is CCC(C)n1ccc(CC(NN)c2scnc2C)n1. The Balaban J connectivity index is 2.11. The molecular weight excluding hydrogens is 258 g/mol. The van der Waals surface area contributed by atoms with Gasteiger partial charge in [-0.25, -0.2) is 4.98 Å². The van der Waals surface area contributed by atoms with Crippen LogP contribution in [0.2, 0.25) is 0 Å². The van der Waals surface area contributed by atoms with Gasteiger partial charge >= 0.3 is 0 Å². The largest absolute Gasteiger partial charge is 0.271 e. The smallest absolute Gasteiger partial charge is 0.0798 e. The average Bonchev–Trinajstić information content (AvgIpc) is 3.04. The van der Waals surface area contributed by atoms with E-state index in [1.807, 2.05) is 23.3 Å². The highest BCUT2D eigenvalue weighted by atomic mass is 32.1. The Morgan fingerprint density at radius 3 is 2.89 bits per heavy atom. The second kappa shape index (κ2) is 6.27. The van der Waals surface area contributed by atoms with Crippen LogP contribution in [0.1, 0.15) is 48.6 Å². The molecule has 0 fully saturated rings. The number of hydrazine groups is 1. The van der Waals surface area contributed by atoms with Gasteiger partial charge in [0, 0.05) is 23.5 Å². The standard InChI is InChI=1S/C13H21N5S/c1-4-9(2)18-6-5-11(17-18)7-12(16-14)13-10(3)15-8-19-13/h5-6,8-9,12,16H,4,7,14H2,1-3H3. The van der Waals surface area contributed by atoms with E-state index in [-0.39, 0.29) is 6.04 Å². The number of rotatable bonds is 6. The zero-order chi connectivity index (χ0) is 13.8. The molecule has 0 aliphatic rings. The molecule has 2 unspecified atom stereocenters. The molecule has 6 heteroatoms. The molecule has 0 aliphatic heterocycles. The maximum Gasteiger partial charge on any atom is 0.0798 e. The Bertz CT molecular complexity index is 519. The summed E-state index contributed by atoms with van der Waals surface area (Å²) in [6.45, 7) is 6.34. The van der Waals surface area contributed by atoms with E-state index in [2.05, 4.69) is 35.4 Å². The van der Waals surface area contributed by atoms with Crippen molar-refractivity contribution in [1.82, 2.24) is 20.2 Å². The first kappa shape index (κ1) is 14.2. The van der Waals surface area contributed by atoms with Gasteiger partial charge in [-0.3, -0.25) is 16.0 Å². The number of nitrogens with zero attached hydrogens (tertiary/aromatic N) is 3. The van der Waals surface area contributed by atoms with Crippen molar-refractivity contribution in [3.8, 4) is 0 Å². The van der Waals surface area contributed by atoms with Crippen molar-refractivity contribution in [2.24, 2.45) is 5.84 Å². The first-order chi connectivity index (χ1) is 9.15. The summed E-state index contributed by atoms with van der Waals surface area (Å²) in [5.74, 6) is 5.67. The van der Waals surface area contributed by atoms with Crippen LogP contribution in [0.5, 0.6) is 0 Å². The van der Waals surface area contributed by atoms with Crippen LogP contribution < -0.4 is 11.3 Å². The maximum atomic E-state index is 5.67. The molecule has 3 N–H and O–H groups in total. The number of nitrogens with two attached hydrogens (primary N) is 1. The van der Waals surface area contributed by atoms with Gasteiger partial charge in [-0.2, -0.15) is 5.10 Å². The summed E-state index contributed by atoms with van der Waals surface area (Å²) in [6.07, 6.45) is 3.90. The molecule has 0 saturated carbocycles. The molecule has 0 aromatic carbocycles. The maximum absolute atomic E-state index is 5.67. The van der Waals surface area contributed by atoms with Crippen molar-refractivity contribution in [3.05, 3.63) is 34.0 Å². The predicted octanol–water partition coefficient (Wildman–Crippen LogP) is 2.37. The molecule has 2 aromatic rings. The van der Waals surface area contributed by atoms with Crippen LogP contribution in [0.15, 0.2) is 17.8 Å². The van der Waals surface area contributed by atoms with E-state index in [4.69, 9.17) is 5.84 Å². The Kier molecular flexibility index (Phi) is 4.68. The summed E-state index contributed by atoms with van der Waals surface area (Å²) in [5.41, 5.74) is 6.81. The van der Waals surface area contributed by atoms with Crippen LogP contribution in [0, 0.1) is 6.92 Å². The van der Waals surface area contributed by atoms with Crippen molar-refractivity contribution < 1.29 is 0 Å². The fourth-order valence-electron chi connectivity index (χ4n) is 2.00. The Hall–Kier alpha value is -1.24. The molecule has 0 saturated heterocycles. The first-order valence-electron chi connectivity index (χ1n) is 6.55. The zero-order valence-electron chi connectivity index (χ0n) is 11.6. The summed E-state index contributed by atoms with van der Waals surface area (Å²) in [4.78, 5) is 5.45. The van der Waals surface area contributed by atoms with Gasteiger partial charge in [0.25, 0.3) is 0 Å². The number of nitrogens with one attached hydrogen (secondary N) is 1. The minimum atomic E-state index is 0.0767. The van der Waals surface area contributed by atoms with E-state index >= 15 is 0 Å². The molecule has 19 heavy (non-hydrogen) atoms. The van der Waals surface area contributed by atoms with Crippen LogP contribution in [0.25, 0.3) is 0 Å². The fourth-order valence-corrected chi connectivity index (χ4v) is 2.86. The highest BCUT2D eigenvalue weighted by Gasteiger charge is 2.17. The quantitative estimate of drug-likeness (QED) is 0.629.